The van der Waals surface area contributed by atoms with Gasteiger partial charge in [0.25, 0.3) is 0 Å². The fraction of sp³-hybridized carbons (Fsp3) is 1.00. The molecule has 0 radical (unpaired) electrons. The molecule has 9 aliphatic rings. The Balaban J connectivity index is 1.34. The van der Waals surface area contributed by atoms with E-state index in [0.717, 1.165) is 56.8 Å². The van der Waals surface area contributed by atoms with Crippen LogP contribution in [-0.2, 0) is 0 Å². The van der Waals surface area contributed by atoms with E-state index in [2.05, 4.69) is 11.8 Å². The van der Waals surface area contributed by atoms with Crippen LogP contribution in [0.5, 0.6) is 0 Å². The maximum absolute atomic E-state index is 2.61. The Morgan fingerprint density at radius 2 is 0.714 bits per heavy atom. The molecule has 9 fully saturated rings. The second kappa shape index (κ2) is 3.40. The monoisotopic (exact) mass is 300 g/mol. The first-order valence-corrected chi connectivity index (χ1v) is 10.8. The molecule has 1 heterocycles. The minimum Gasteiger partial charge on any atom is -0.144 e. The van der Waals surface area contributed by atoms with Gasteiger partial charge in [0.15, 0.2) is 0 Å². The van der Waals surface area contributed by atoms with Gasteiger partial charge in [-0.05, 0) is 112 Å². The van der Waals surface area contributed by atoms with E-state index in [4.69, 9.17) is 0 Å². The summed E-state index contributed by atoms with van der Waals surface area (Å²) in [5, 5.41) is 0. The molecule has 1 aliphatic heterocycles. The Morgan fingerprint density at radius 1 is 0.429 bits per heavy atom. The molecule has 0 aromatic heterocycles. The van der Waals surface area contributed by atoms with Gasteiger partial charge >= 0.3 is 0 Å². The van der Waals surface area contributed by atoms with Crippen LogP contribution in [0.2, 0.25) is 0 Å². The van der Waals surface area contributed by atoms with Crippen LogP contribution in [0, 0.1) is 47.3 Å². The van der Waals surface area contributed by atoms with Crippen molar-refractivity contribution < 1.29 is 0 Å². The Labute approximate surface area is 133 Å². The van der Waals surface area contributed by atoms with Crippen molar-refractivity contribution in [3.05, 3.63) is 0 Å². The summed E-state index contributed by atoms with van der Waals surface area (Å²) in [5.41, 5.74) is 0. The lowest BCUT2D eigenvalue weighted by molar-refractivity contribution is -0.0747. The first-order chi connectivity index (χ1) is 10.3. The van der Waals surface area contributed by atoms with Gasteiger partial charge in [-0.15, -0.1) is 11.8 Å². The van der Waals surface area contributed by atoms with E-state index in [0.29, 0.717) is 0 Å². The van der Waals surface area contributed by atoms with Crippen molar-refractivity contribution in [2.75, 3.05) is 0 Å². The molecule has 8 aliphatic carbocycles. The second-order valence-electron chi connectivity index (χ2n) is 10.3. The standard InChI is InChI=1S/C20H28S/c1-11-3-15-5-12(1)6-16(4-11)19(15)20(21-19)17-7-13-2-14(9-17)10-18(20)8-13/h11-18H,1-10H2. The van der Waals surface area contributed by atoms with E-state index < -0.39 is 0 Å². The SMILES string of the molecule is C1C2CC3CC1CC(C2)C31SC12C1CC3CC(C1)CC2C3. The Hall–Kier alpha value is 0.350. The lowest BCUT2D eigenvalue weighted by atomic mass is 9.42. The van der Waals surface area contributed by atoms with E-state index in [1.807, 2.05) is 0 Å². The zero-order valence-electron chi connectivity index (χ0n) is 13.1. The van der Waals surface area contributed by atoms with Crippen molar-refractivity contribution in [1.29, 1.82) is 0 Å². The second-order valence-corrected chi connectivity index (χ2v) is 11.9. The molecule has 0 aromatic rings. The predicted octanol–water partition coefficient (Wildman–Crippen LogP) is 5.12. The van der Waals surface area contributed by atoms with Crippen molar-refractivity contribution in [3.63, 3.8) is 0 Å². The van der Waals surface area contributed by atoms with Crippen LogP contribution >= 0.6 is 11.8 Å². The summed E-state index contributed by atoms with van der Waals surface area (Å²) in [6.45, 7) is 0. The smallest absolute Gasteiger partial charge is 0.0375 e. The molecular formula is C20H28S. The molecule has 0 nitrogen and oxygen atoms in total. The summed E-state index contributed by atoms with van der Waals surface area (Å²) >= 11 is 2.61. The average Bonchev–Trinajstić information content (AvgIpc) is 3.13. The summed E-state index contributed by atoms with van der Waals surface area (Å²) in [4.78, 5) is 0. The van der Waals surface area contributed by atoms with Gasteiger partial charge in [0.05, 0.1) is 0 Å². The first-order valence-electron chi connectivity index (χ1n) is 9.98. The van der Waals surface area contributed by atoms with Crippen LogP contribution in [0.15, 0.2) is 0 Å². The third kappa shape index (κ3) is 1.15. The fourth-order valence-corrected chi connectivity index (χ4v) is 12.2. The number of hydrogen-bond acceptors (Lipinski definition) is 1. The molecule has 1 heteroatoms. The first kappa shape index (κ1) is 11.8. The highest BCUT2D eigenvalue weighted by atomic mass is 32.2. The molecule has 8 saturated carbocycles. The zero-order chi connectivity index (χ0) is 13.4. The molecule has 0 amide bonds. The van der Waals surface area contributed by atoms with Crippen LogP contribution in [-0.4, -0.2) is 9.49 Å². The minimum atomic E-state index is 0.836. The van der Waals surface area contributed by atoms with E-state index in [9.17, 15) is 0 Å². The predicted molar refractivity (Wildman–Crippen MR) is 87.1 cm³/mol. The molecule has 0 atom stereocenters. The molecule has 9 rings (SSSR count). The third-order valence-electron chi connectivity index (χ3n) is 9.61. The highest BCUT2D eigenvalue weighted by Gasteiger charge is 2.83. The van der Waals surface area contributed by atoms with Gasteiger partial charge in [-0.1, -0.05) is 0 Å². The number of hydrogen-bond donors (Lipinski definition) is 0. The van der Waals surface area contributed by atoms with Gasteiger partial charge in [0.1, 0.15) is 0 Å². The maximum Gasteiger partial charge on any atom is 0.0375 e. The molecular weight excluding hydrogens is 272 g/mol. The van der Waals surface area contributed by atoms with Gasteiger partial charge < -0.3 is 0 Å². The van der Waals surface area contributed by atoms with Gasteiger partial charge in [-0.25, -0.2) is 0 Å². The van der Waals surface area contributed by atoms with E-state index in [1.54, 1.807) is 64.2 Å². The van der Waals surface area contributed by atoms with Crippen molar-refractivity contribution >= 4 is 11.8 Å². The van der Waals surface area contributed by atoms with Crippen LogP contribution in [0.4, 0.5) is 0 Å². The molecule has 0 aromatic carbocycles. The van der Waals surface area contributed by atoms with E-state index in [1.165, 1.54) is 0 Å². The largest absolute Gasteiger partial charge is 0.144 e. The van der Waals surface area contributed by atoms with Crippen molar-refractivity contribution in [3.8, 4) is 0 Å². The van der Waals surface area contributed by atoms with Crippen molar-refractivity contribution in [2.45, 2.75) is 73.7 Å². The zero-order valence-corrected chi connectivity index (χ0v) is 13.9. The summed E-state index contributed by atoms with van der Waals surface area (Å²) in [5.74, 6) is 9.29. The third-order valence-corrected chi connectivity index (χ3v) is 12.1. The van der Waals surface area contributed by atoms with Crippen LogP contribution in [0.1, 0.15) is 64.2 Å². The lowest BCUT2D eigenvalue weighted by Crippen LogP contribution is -2.61. The van der Waals surface area contributed by atoms with Gasteiger partial charge in [-0.2, -0.15) is 0 Å². The Kier molecular flexibility index (Phi) is 1.91. The van der Waals surface area contributed by atoms with Crippen molar-refractivity contribution in [2.24, 2.45) is 47.3 Å². The molecule has 21 heavy (non-hydrogen) atoms. The summed E-state index contributed by atoms with van der Waals surface area (Å²) in [6, 6.07) is 0. The normalized spacial score (nSPS) is 72.0. The minimum absolute atomic E-state index is 0.836. The number of thioether (sulfide) groups is 1. The topological polar surface area (TPSA) is 0 Å². The number of rotatable bonds is 0. The molecule has 0 N–H and O–H groups in total. The van der Waals surface area contributed by atoms with Crippen molar-refractivity contribution in [1.82, 2.24) is 0 Å². The van der Waals surface area contributed by atoms with Gasteiger partial charge in [0.2, 0.25) is 0 Å². The summed E-state index contributed by atoms with van der Waals surface area (Å²) in [7, 11) is 0. The quantitative estimate of drug-likeness (QED) is 0.559. The average molecular weight is 301 g/mol. The van der Waals surface area contributed by atoms with Crippen LogP contribution in [0.3, 0.4) is 0 Å². The van der Waals surface area contributed by atoms with Gasteiger partial charge in [0, 0.05) is 9.49 Å². The van der Waals surface area contributed by atoms with E-state index in [-0.39, 0.29) is 0 Å². The van der Waals surface area contributed by atoms with Gasteiger partial charge in [-0.3, -0.25) is 0 Å². The Morgan fingerprint density at radius 3 is 1.00 bits per heavy atom. The fourth-order valence-electron chi connectivity index (χ4n) is 9.63. The maximum atomic E-state index is 2.61. The van der Waals surface area contributed by atoms with Crippen LogP contribution < -0.4 is 0 Å². The summed E-state index contributed by atoms with van der Waals surface area (Å²) in [6.07, 6.45) is 16.4. The van der Waals surface area contributed by atoms with E-state index >= 15 is 0 Å². The molecule has 114 valence electrons. The Bertz CT molecular complexity index is 418. The highest BCUT2D eigenvalue weighted by molar-refractivity contribution is 8.09. The highest BCUT2D eigenvalue weighted by Crippen LogP contribution is 2.87. The molecule has 2 spiro atoms. The summed E-state index contributed by atoms with van der Waals surface area (Å²) < 4.78 is 1.67. The molecule has 8 bridgehead atoms. The van der Waals surface area contributed by atoms with Crippen LogP contribution in [0.25, 0.3) is 0 Å². The lowest BCUT2D eigenvalue weighted by Gasteiger charge is -2.61. The molecule has 0 unspecified atom stereocenters. The molecule has 1 saturated heterocycles.